The van der Waals surface area contributed by atoms with Crippen molar-refractivity contribution in [3.63, 3.8) is 0 Å². The van der Waals surface area contributed by atoms with E-state index in [-0.39, 0.29) is 12.4 Å². The van der Waals surface area contributed by atoms with Crippen LogP contribution in [-0.2, 0) is 16.1 Å². The number of hydrogen-bond acceptors (Lipinski definition) is 8. The lowest BCUT2D eigenvalue weighted by Gasteiger charge is -2.17. The predicted octanol–water partition coefficient (Wildman–Crippen LogP) is 5.74. The zero-order valence-corrected chi connectivity index (χ0v) is 24.9. The number of methoxy groups -OCH3 is 2. The molecule has 2 aromatic heterocycles. The summed E-state index contributed by atoms with van der Waals surface area (Å²) in [5.74, 6) is 0.919. The lowest BCUT2D eigenvalue weighted by molar-refractivity contribution is -0.147. The number of halogens is 1. The van der Waals surface area contributed by atoms with Gasteiger partial charge >= 0.3 is 11.9 Å². The van der Waals surface area contributed by atoms with Gasteiger partial charge < -0.3 is 27.9 Å². The number of esters is 1. The third-order valence-electron chi connectivity index (χ3n) is 6.09. The van der Waals surface area contributed by atoms with E-state index < -0.39 is 18.0 Å². The van der Waals surface area contributed by atoms with Crippen LogP contribution in [0.5, 0.6) is 17.2 Å². The monoisotopic (exact) mass is 623 g/mol. The molecule has 0 unspecified atom stereocenters. The van der Waals surface area contributed by atoms with Crippen LogP contribution in [0.3, 0.4) is 0 Å². The minimum Gasteiger partial charge on any atom is -0.493 e. The first-order valence-corrected chi connectivity index (χ1v) is 13.4. The Balaban J connectivity index is 1.32. The van der Waals surface area contributed by atoms with E-state index in [2.05, 4.69) is 57.0 Å². The van der Waals surface area contributed by atoms with E-state index in [1.54, 1.807) is 31.2 Å². The number of nitrogens with one attached hydrogen (secondary N) is 1. The van der Waals surface area contributed by atoms with Crippen molar-refractivity contribution in [3.8, 4) is 22.9 Å². The Bertz CT molecular complexity index is 1540. The highest BCUT2D eigenvalue weighted by atomic mass is 79.9. The number of nitrogens with zero attached hydrogens (tertiary/aromatic N) is 2. The summed E-state index contributed by atoms with van der Waals surface area (Å²) < 4.78 is 29.9. The third kappa shape index (κ3) is 7.17. The molecule has 0 aliphatic heterocycles. The summed E-state index contributed by atoms with van der Waals surface area (Å²) in [5, 5.41) is 4.00. The van der Waals surface area contributed by atoms with E-state index >= 15 is 0 Å². The van der Waals surface area contributed by atoms with Gasteiger partial charge in [-0.05, 0) is 103 Å². The summed E-state index contributed by atoms with van der Waals surface area (Å²) in [4.78, 5) is 24.2. The fourth-order valence-electron chi connectivity index (χ4n) is 4.04. The summed E-state index contributed by atoms with van der Waals surface area (Å²) >= 11 is 3.41. The topological polar surface area (TPSA) is 114 Å². The first-order chi connectivity index (χ1) is 19.7. The molecular weight excluding hydrogens is 594 g/mol. The molecule has 0 aliphatic rings. The molecule has 2 aromatic carbocycles. The molecule has 4 rings (SSSR count). The standard InChI is InChI=1S/C30H30BrN3O7/c1-18-6-7-19(2)34(18)22-8-10-23(11-9-22)39-17-24-12-13-26(41-24)29(35)33-32-16-21-14-25(31)28(27(15-21)37-4)40-20(3)30(36)38-5/h6-16,20H,17H2,1-5H3,(H,33,35)/b32-16+/t20-/m1/s1. The van der Waals surface area contributed by atoms with Crippen molar-refractivity contribution < 1.29 is 33.0 Å². The quantitative estimate of drug-likeness (QED) is 0.129. The molecule has 10 nitrogen and oxygen atoms in total. The summed E-state index contributed by atoms with van der Waals surface area (Å²) in [5.41, 5.74) is 6.41. The second kappa shape index (κ2) is 13.2. The Hall–Kier alpha value is -4.51. The SMILES string of the molecule is COC(=O)[C@@H](C)Oc1c(Br)cc(/C=N/NC(=O)c2ccc(COc3ccc(-n4c(C)ccc4C)cc3)o2)cc1OC. The molecule has 0 radical (unpaired) electrons. The number of benzene rings is 2. The van der Waals surface area contributed by atoms with Gasteiger partial charge in [0, 0.05) is 17.1 Å². The molecule has 2 heterocycles. The van der Waals surface area contributed by atoms with E-state index in [0.29, 0.717) is 33.0 Å². The Kier molecular flexibility index (Phi) is 9.51. The summed E-state index contributed by atoms with van der Waals surface area (Å²) in [7, 11) is 2.76. The normalized spacial score (nSPS) is 11.8. The maximum Gasteiger partial charge on any atom is 0.346 e. The lowest BCUT2D eigenvalue weighted by atomic mass is 10.2. The number of aromatic nitrogens is 1. The molecular formula is C30H30BrN3O7. The van der Waals surface area contributed by atoms with Crippen molar-refractivity contribution in [3.05, 3.63) is 93.6 Å². The number of furan rings is 1. The molecule has 1 N–H and O–H groups in total. The van der Waals surface area contributed by atoms with Crippen LogP contribution < -0.4 is 19.6 Å². The highest BCUT2D eigenvalue weighted by Crippen LogP contribution is 2.37. The van der Waals surface area contributed by atoms with Crippen LogP contribution in [0, 0.1) is 13.8 Å². The minimum absolute atomic E-state index is 0.0916. The maximum absolute atomic E-state index is 12.5. The number of amides is 1. The lowest BCUT2D eigenvalue weighted by Crippen LogP contribution is -2.25. The smallest absolute Gasteiger partial charge is 0.346 e. The Morgan fingerprint density at radius 1 is 1.05 bits per heavy atom. The number of rotatable bonds is 11. The molecule has 0 spiro atoms. The molecule has 0 aliphatic carbocycles. The van der Waals surface area contributed by atoms with E-state index in [0.717, 1.165) is 17.1 Å². The van der Waals surface area contributed by atoms with E-state index in [4.69, 9.17) is 23.4 Å². The largest absolute Gasteiger partial charge is 0.493 e. The number of carbonyl (C=O) groups is 2. The van der Waals surface area contributed by atoms with Gasteiger partial charge in [-0.15, -0.1) is 0 Å². The van der Waals surface area contributed by atoms with Gasteiger partial charge in [-0.2, -0.15) is 5.10 Å². The molecule has 214 valence electrons. The van der Waals surface area contributed by atoms with Crippen molar-refractivity contribution in [2.75, 3.05) is 14.2 Å². The summed E-state index contributed by atoms with van der Waals surface area (Å²) in [6.07, 6.45) is 0.600. The second-order valence-corrected chi connectivity index (χ2v) is 9.87. The van der Waals surface area contributed by atoms with Gasteiger partial charge in [-0.1, -0.05) is 0 Å². The van der Waals surface area contributed by atoms with Crippen molar-refractivity contribution in [2.24, 2.45) is 5.10 Å². The molecule has 41 heavy (non-hydrogen) atoms. The molecule has 11 heteroatoms. The minimum atomic E-state index is -0.836. The number of aryl methyl sites for hydroxylation is 2. The average molecular weight is 624 g/mol. The molecule has 1 amide bonds. The van der Waals surface area contributed by atoms with Crippen LogP contribution in [0.1, 0.15) is 40.2 Å². The van der Waals surface area contributed by atoms with Crippen LogP contribution in [-0.4, -0.2) is 43.0 Å². The van der Waals surface area contributed by atoms with Gasteiger partial charge in [0.2, 0.25) is 0 Å². The number of hydrazone groups is 1. The van der Waals surface area contributed by atoms with Gasteiger partial charge in [-0.3, -0.25) is 4.79 Å². The van der Waals surface area contributed by atoms with Gasteiger partial charge in [0.25, 0.3) is 0 Å². The molecule has 1 atom stereocenters. The van der Waals surface area contributed by atoms with Gasteiger partial charge in [0.05, 0.1) is 24.9 Å². The predicted molar refractivity (Wildman–Crippen MR) is 156 cm³/mol. The average Bonchev–Trinajstić information content (AvgIpc) is 3.58. The Morgan fingerprint density at radius 3 is 2.41 bits per heavy atom. The van der Waals surface area contributed by atoms with Crippen LogP contribution >= 0.6 is 15.9 Å². The van der Waals surface area contributed by atoms with Crippen molar-refractivity contribution >= 4 is 34.0 Å². The molecule has 0 saturated heterocycles. The van der Waals surface area contributed by atoms with Crippen LogP contribution in [0.4, 0.5) is 0 Å². The van der Waals surface area contributed by atoms with Gasteiger partial charge in [0.15, 0.2) is 23.4 Å². The number of hydrogen-bond donors (Lipinski definition) is 1. The zero-order valence-electron chi connectivity index (χ0n) is 23.3. The van der Waals surface area contributed by atoms with Crippen LogP contribution in [0.15, 0.2) is 74.7 Å². The maximum atomic E-state index is 12.5. The van der Waals surface area contributed by atoms with E-state index in [1.807, 2.05) is 24.3 Å². The summed E-state index contributed by atoms with van der Waals surface area (Å²) in [6.45, 7) is 5.85. The van der Waals surface area contributed by atoms with Gasteiger partial charge in [0.1, 0.15) is 18.1 Å². The first kappa shape index (κ1) is 29.5. The first-order valence-electron chi connectivity index (χ1n) is 12.6. The van der Waals surface area contributed by atoms with E-state index in [1.165, 1.54) is 20.4 Å². The fourth-order valence-corrected chi connectivity index (χ4v) is 4.59. The number of ether oxygens (including phenoxy) is 4. The molecule has 0 bridgehead atoms. The van der Waals surface area contributed by atoms with Crippen LogP contribution in [0.25, 0.3) is 5.69 Å². The Morgan fingerprint density at radius 2 is 1.76 bits per heavy atom. The highest BCUT2D eigenvalue weighted by Gasteiger charge is 2.20. The highest BCUT2D eigenvalue weighted by molar-refractivity contribution is 9.10. The van der Waals surface area contributed by atoms with Crippen molar-refractivity contribution in [2.45, 2.75) is 33.5 Å². The second-order valence-electron chi connectivity index (χ2n) is 9.02. The third-order valence-corrected chi connectivity index (χ3v) is 6.68. The molecule has 4 aromatic rings. The van der Waals surface area contributed by atoms with E-state index in [9.17, 15) is 9.59 Å². The Labute approximate surface area is 246 Å². The van der Waals surface area contributed by atoms with Crippen molar-refractivity contribution in [1.29, 1.82) is 0 Å². The van der Waals surface area contributed by atoms with Crippen LogP contribution in [0.2, 0.25) is 0 Å². The molecule has 0 saturated carbocycles. The number of carbonyl (C=O) groups excluding carboxylic acids is 2. The van der Waals surface area contributed by atoms with Crippen molar-refractivity contribution in [1.82, 2.24) is 9.99 Å². The van der Waals surface area contributed by atoms with Gasteiger partial charge in [-0.25, -0.2) is 10.2 Å². The fraction of sp³-hybridized carbons (Fsp3) is 0.233. The summed E-state index contributed by atoms with van der Waals surface area (Å²) in [6, 6.07) is 18.5. The zero-order chi connectivity index (χ0) is 29.5. The molecule has 0 fully saturated rings.